The van der Waals surface area contributed by atoms with Crippen LogP contribution in [0, 0.1) is 6.92 Å². The zero-order valence-electron chi connectivity index (χ0n) is 10.0. The lowest BCUT2D eigenvalue weighted by Gasteiger charge is -2.23. The number of hydrogen-bond acceptors (Lipinski definition) is 3. The summed E-state index contributed by atoms with van der Waals surface area (Å²) in [5.74, 6) is -0.000749. The molecule has 5 heteroatoms. The maximum atomic E-state index is 11.8. The van der Waals surface area contributed by atoms with Gasteiger partial charge in [0.05, 0.1) is 10.4 Å². The molecular weight excluding hydrogens is 236 g/mol. The molecule has 1 atom stereocenters. The van der Waals surface area contributed by atoms with Gasteiger partial charge in [0.15, 0.2) is 0 Å². The van der Waals surface area contributed by atoms with E-state index in [0.717, 1.165) is 16.9 Å². The number of aryl methyl sites for hydroxylation is 1. The molecule has 0 saturated carbocycles. The van der Waals surface area contributed by atoms with Crippen molar-refractivity contribution in [3.05, 3.63) is 21.9 Å². The summed E-state index contributed by atoms with van der Waals surface area (Å²) >= 11 is 1.44. The molecule has 0 radical (unpaired) electrons. The Kier molecular flexibility index (Phi) is 3.19. The second kappa shape index (κ2) is 4.49. The van der Waals surface area contributed by atoms with Gasteiger partial charge in [0.2, 0.25) is 5.91 Å². The van der Waals surface area contributed by atoms with Gasteiger partial charge >= 0.3 is 0 Å². The highest BCUT2D eigenvalue weighted by molar-refractivity contribution is 7.12. The van der Waals surface area contributed by atoms with E-state index in [1.807, 2.05) is 25.3 Å². The fraction of sp³-hybridized carbons (Fsp3) is 0.500. The van der Waals surface area contributed by atoms with E-state index in [-0.39, 0.29) is 17.4 Å². The molecule has 92 valence electrons. The number of amides is 2. The third-order valence-electron chi connectivity index (χ3n) is 2.94. The monoisotopic (exact) mass is 252 g/mol. The van der Waals surface area contributed by atoms with Crippen LogP contribution in [0.3, 0.4) is 0 Å². The van der Waals surface area contributed by atoms with E-state index in [9.17, 15) is 9.59 Å². The molecular formula is C12H16N2O2S. The number of thiophene rings is 1. The van der Waals surface area contributed by atoms with Crippen molar-refractivity contribution in [3.63, 3.8) is 0 Å². The molecule has 2 N–H and O–H groups in total. The molecule has 2 rings (SSSR count). The lowest BCUT2D eigenvalue weighted by molar-refractivity contribution is -0.119. The third kappa shape index (κ3) is 2.85. The van der Waals surface area contributed by atoms with Gasteiger partial charge in [-0.25, -0.2) is 0 Å². The maximum Gasteiger partial charge on any atom is 0.261 e. The molecule has 1 saturated heterocycles. The molecule has 2 amide bonds. The first-order chi connectivity index (χ1) is 7.98. The van der Waals surface area contributed by atoms with Crippen molar-refractivity contribution in [2.45, 2.75) is 32.2 Å². The Balaban J connectivity index is 1.90. The second-order valence-corrected chi connectivity index (χ2v) is 5.69. The third-order valence-corrected chi connectivity index (χ3v) is 3.99. The number of rotatable bonds is 3. The lowest BCUT2D eigenvalue weighted by Crippen LogP contribution is -2.48. The molecule has 0 aliphatic carbocycles. The van der Waals surface area contributed by atoms with Crippen molar-refractivity contribution in [2.75, 3.05) is 6.54 Å². The lowest BCUT2D eigenvalue weighted by atomic mass is 10.0. The van der Waals surface area contributed by atoms with Gasteiger partial charge in [-0.3, -0.25) is 9.59 Å². The minimum Gasteiger partial charge on any atom is -0.349 e. The summed E-state index contributed by atoms with van der Waals surface area (Å²) in [5.41, 5.74) is 0.805. The molecule has 1 unspecified atom stereocenters. The van der Waals surface area contributed by atoms with Crippen LogP contribution in [-0.4, -0.2) is 23.9 Å². The van der Waals surface area contributed by atoms with Gasteiger partial charge in [-0.1, -0.05) is 0 Å². The quantitative estimate of drug-likeness (QED) is 0.855. The highest BCUT2D eigenvalue weighted by Crippen LogP contribution is 2.19. The predicted molar refractivity (Wildman–Crippen MR) is 67.2 cm³/mol. The van der Waals surface area contributed by atoms with Crippen LogP contribution in [0.15, 0.2) is 11.4 Å². The van der Waals surface area contributed by atoms with Gasteiger partial charge in [-0.15, -0.1) is 11.3 Å². The Morgan fingerprint density at radius 3 is 2.94 bits per heavy atom. The standard InChI is InChI=1S/C12H16N2O2S/c1-8-5-9(17-6-8)11(16)13-7-12(2)4-3-10(15)14-12/h5-6H,3-4,7H2,1-2H3,(H,13,16)(H,14,15). The van der Waals surface area contributed by atoms with Crippen molar-refractivity contribution in [3.8, 4) is 0 Å². The molecule has 0 aromatic carbocycles. The zero-order valence-corrected chi connectivity index (χ0v) is 10.8. The van der Waals surface area contributed by atoms with E-state index >= 15 is 0 Å². The predicted octanol–water partition coefficient (Wildman–Crippen LogP) is 1.46. The smallest absolute Gasteiger partial charge is 0.261 e. The summed E-state index contributed by atoms with van der Waals surface area (Å²) < 4.78 is 0. The summed E-state index contributed by atoms with van der Waals surface area (Å²) in [7, 11) is 0. The maximum absolute atomic E-state index is 11.8. The van der Waals surface area contributed by atoms with Gasteiger partial charge < -0.3 is 10.6 Å². The Morgan fingerprint density at radius 2 is 2.41 bits per heavy atom. The normalized spacial score (nSPS) is 23.5. The number of nitrogens with one attached hydrogen (secondary N) is 2. The molecule has 1 aromatic rings. The van der Waals surface area contributed by atoms with Gasteiger partial charge in [-0.05, 0) is 37.3 Å². The van der Waals surface area contributed by atoms with E-state index < -0.39 is 0 Å². The van der Waals surface area contributed by atoms with E-state index in [4.69, 9.17) is 0 Å². The topological polar surface area (TPSA) is 58.2 Å². The van der Waals surface area contributed by atoms with Crippen LogP contribution in [0.5, 0.6) is 0 Å². The molecule has 0 spiro atoms. The van der Waals surface area contributed by atoms with Crippen molar-refractivity contribution in [1.29, 1.82) is 0 Å². The van der Waals surface area contributed by atoms with Crippen LogP contribution in [0.2, 0.25) is 0 Å². The molecule has 0 bridgehead atoms. The number of carbonyl (C=O) groups excluding carboxylic acids is 2. The summed E-state index contributed by atoms with van der Waals surface area (Å²) in [6, 6.07) is 1.87. The van der Waals surface area contributed by atoms with Gasteiger partial charge in [0, 0.05) is 13.0 Å². The average Bonchev–Trinajstić information content (AvgIpc) is 2.83. The van der Waals surface area contributed by atoms with Crippen LogP contribution in [-0.2, 0) is 4.79 Å². The highest BCUT2D eigenvalue weighted by Gasteiger charge is 2.33. The molecule has 2 heterocycles. The highest BCUT2D eigenvalue weighted by atomic mass is 32.1. The Bertz CT molecular complexity index is 455. The van der Waals surface area contributed by atoms with Gasteiger partial charge in [-0.2, -0.15) is 0 Å². The van der Waals surface area contributed by atoms with Crippen LogP contribution in [0.4, 0.5) is 0 Å². The largest absolute Gasteiger partial charge is 0.349 e. The van der Waals surface area contributed by atoms with Gasteiger partial charge in [0.25, 0.3) is 5.91 Å². The number of carbonyl (C=O) groups is 2. The summed E-state index contributed by atoms with van der Waals surface area (Å²) in [4.78, 5) is 23.7. The van der Waals surface area contributed by atoms with Crippen molar-refractivity contribution in [1.82, 2.24) is 10.6 Å². The minimum absolute atomic E-state index is 0.0636. The van der Waals surface area contributed by atoms with Crippen molar-refractivity contribution >= 4 is 23.2 Å². The van der Waals surface area contributed by atoms with Crippen LogP contribution in [0.25, 0.3) is 0 Å². The summed E-state index contributed by atoms with van der Waals surface area (Å²) in [6.07, 6.45) is 1.32. The zero-order chi connectivity index (χ0) is 12.5. The van der Waals surface area contributed by atoms with E-state index in [1.54, 1.807) is 0 Å². The average molecular weight is 252 g/mol. The number of hydrogen-bond donors (Lipinski definition) is 2. The van der Waals surface area contributed by atoms with Crippen molar-refractivity contribution in [2.24, 2.45) is 0 Å². The minimum atomic E-state index is -0.293. The summed E-state index contributed by atoms with van der Waals surface area (Å²) in [6.45, 7) is 4.40. The molecule has 1 aliphatic rings. The molecule has 1 fully saturated rings. The first kappa shape index (κ1) is 12.1. The van der Waals surface area contributed by atoms with Crippen LogP contribution < -0.4 is 10.6 Å². The fourth-order valence-electron chi connectivity index (χ4n) is 1.90. The molecule has 1 aliphatic heterocycles. The summed E-state index contributed by atoms with van der Waals surface area (Å²) in [5, 5.41) is 7.72. The van der Waals surface area contributed by atoms with E-state index in [2.05, 4.69) is 10.6 Å². The Hall–Kier alpha value is -1.36. The molecule has 4 nitrogen and oxygen atoms in total. The second-order valence-electron chi connectivity index (χ2n) is 4.78. The van der Waals surface area contributed by atoms with Gasteiger partial charge in [0.1, 0.15) is 0 Å². The Labute approximate surface area is 104 Å². The Morgan fingerprint density at radius 1 is 1.65 bits per heavy atom. The fourth-order valence-corrected chi connectivity index (χ4v) is 2.71. The first-order valence-electron chi connectivity index (χ1n) is 5.63. The molecule has 17 heavy (non-hydrogen) atoms. The van der Waals surface area contributed by atoms with Crippen molar-refractivity contribution < 1.29 is 9.59 Å². The van der Waals surface area contributed by atoms with Crippen LogP contribution in [0.1, 0.15) is 35.0 Å². The van der Waals surface area contributed by atoms with E-state index in [1.165, 1.54) is 11.3 Å². The SMILES string of the molecule is Cc1csc(C(=O)NCC2(C)CCC(=O)N2)c1. The first-order valence-corrected chi connectivity index (χ1v) is 6.51. The van der Waals surface area contributed by atoms with E-state index in [0.29, 0.717) is 13.0 Å². The van der Waals surface area contributed by atoms with Crippen LogP contribution >= 0.6 is 11.3 Å². The molecule has 1 aromatic heterocycles.